The van der Waals surface area contributed by atoms with Gasteiger partial charge in [-0.15, -0.1) is 0 Å². The minimum atomic E-state index is 0.588. The maximum atomic E-state index is 6.51. The van der Waals surface area contributed by atoms with Crippen molar-refractivity contribution in [3.63, 3.8) is 0 Å². The van der Waals surface area contributed by atoms with Crippen LogP contribution in [0, 0.1) is 35.5 Å². The molecule has 3 rings (SSSR count). The summed E-state index contributed by atoms with van der Waals surface area (Å²) in [6.45, 7) is 4.56. The van der Waals surface area contributed by atoms with Gasteiger partial charge in [0.2, 0.25) is 0 Å². The molecule has 0 aliphatic heterocycles. The van der Waals surface area contributed by atoms with Crippen molar-refractivity contribution in [1.82, 2.24) is 0 Å². The van der Waals surface area contributed by atoms with E-state index in [1.165, 1.54) is 102 Å². The third-order valence-electron chi connectivity index (χ3n) is 8.07. The molecule has 0 aromatic heterocycles. The molecule has 2 saturated carbocycles. The second kappa shape index (κ2) is 13.6. The molecule has 0 nitrogen and oxygen atoms in total. The molecular weight excluding hydrogens is 396 g/mol. The lowest BCUT2D eigenvalue weighted by Gasteiger charge is -2.37. The molecule has 2 fully saturated rings. The van der Waals surface area contributed by atoms with Crippen LogP contribution in [0.2, 0.25) is 5.02 Å². The van der Waals surface area contributed by atoms with Gasteiger partial charge in [0.15, 0.2) is 0 Å². The van der Waals surface area contributed by atoms with Crippen LogP contribution in [0.25, 0.3) is 0 Å². The zero-order valence-corrected chi connectivity index (χ0v) is 21.0. The molecule has 172 valence electrons. The number of unbranched alkanes of at least 4 members (excludes halogenated alkanes) is 4. The van der Waals surface area contributed by atoms with Gasteiger partial charge in [0.05, 0.1) is 0 Å². The number of aryl methyl sites for hydroxylation is 1. The molecule has 2 aliphatic carbocycles. The molecule has 31 heavy (non-hydrogen) atoms. The molecule has 1 heteroatoms. The van der Waals surface area contributed by atoms with E-state index in [1.807, 2.05) is 0 Å². The van der Waals surface area contributed by atoms with Crippen molar-refractivity contribution in [1.29, 1.82) is 0 Å². The number of rotatable bonds is 9. The summed E-state index contributed by atoms with van der Waals surface area (Å²) in [4.78, 5) is 0. The lowest BCUT2D eigenvalue weighted by molar-refractivity contribution is 0.153. The van der Waals surface area contributed by atoms with Crippen molar-refractivity contribution >= 4 is 11.6 Å². The van der Waals surface area contributed by atoms with Crippen LogP contribution in [-0.4, -0.2) is 0 Å². The van der Waals surface area contributed by atoms with Gasteiger partial charge in [0, 0.05) is 16.5 Å². The summed E-state index contributed by atoms with van der Waals surface area (Å²) in [7, 11) is 0. The summed E-state index contributed by atoms with van der Waals surface area (Å²) in [6, 6.07) is 6.45. The zero-order valence-electron chi connectivity index (χ0n) is 20.2. The minimum Gasteiger partial charge on any atom is -0.0945 e. The average Bonchev–Trinajstić information content (AvgIpc) is 2.80. The monoisotopic (exact) mass is 440 g/mol. The van der Waals surface area contributed by atoms with Gasteiger partial charge in [0.1, 0.15) is 0 Å². The largest absolute Gasteiger partial charge is 0.0945 e. The van der Waals surface area contributed by atoms with E-state index < -0.39 is 0 Å². The predicted molar refractivity (Wildman–Crippen MR) is 137 cm³/mol. The molecule has 1 aromatic carbocycles. The van der Waals surface area contributed by atoms with E-state index in [2.05, 4.69) is 43.9 Å². The van der Waals surface area contributed by atoms with Crippen LogP contribution in [0.15, 0.2) is 18.2 Å². The molecule has 0 unspecified atom stereocenters. The molecule has 0 spiro atoms. The molecule has 0 bridgehead atoms. The predicted octanol–water partition coefficient (Wildman–Crippen LogP) is 9.62. The van der Waals surface area contributed by atoms with Gasteiger partial charge in [0.25, 0.3) is 0 Å². The summed E-state index contributed by atoms with van der Waals surface area (Å²) in [5.74, 6) is 10.6. The van der Waals surface area contributed by atoms with Gasteiger partial charge >= 0.3 is 0 Å². The molecule has 1 aromatic rings. The van der Waals surface area contributed by atoms with Gasteiger partial charge in [-0.05, 0) is 86.8 Å². The summed E-state index contributed by atoms with van der Waals surface area (Å²) in [5, 5.41) is 0.900. The third-order valence-corrected chi connectivity index (χ3v) is 8.42. The Labute approximate surface area is 197 Å². The van der Waals surface area contributed by atoms with E-state index in [4.69, 9.17) is 11.6 Å². The second-order valence-corrected chi connectivity index (χ2v) is 10.8. The van der Waals surface area contributed by atoms with Gasteiger partial charge in [-0.1, -0.05) is 94.7 Å². The Morgan fingerprint density at radius 2 is 1.45 bits per heavy atom. The van der Waals surface area contributed by atoms with Crippen molar-refractivity contribution < 1.29 is 0 Å². The Morgan fingerprint density at radius 1 is 0.806 bits per heavy atom. The Balaban J connectivity index is 1.40. The molecule has 0 N–H and O–H groups in total. The fourth-order valence-corrected chi connectivity index (χ4v) is 6.22. The highest BCUT2D eigenvalue weighted by atomic mass is 35.5. The maximum Gasteiger partial charge on any atom is 0.0450 e. The summed E-state index contributed by atoms with van der Waals surface area (Å²) < 4.78 is 0. The molecule has 0 atom stereocenters. The van der Waals surface area contributed by atoms with Crippen molar-refractivity contribution in [3.8, 4) is 11.8 Å². The normalized spacial score (nSPS) is 26.3. The van der Waals surface area contributed by atoms with Gasteiger partial charge in [-0.2, -0.15) is 0 Å². The first-order chi connectivity index (χ1) is 15.2. The molecule has 0 heterocycles. The van der Waals surface area contributed by atoms with Gasteiger partial charge < -0.3 is 0 Å². The van der Waals surface area contributed by atoms with Crippen molar-refractivity contribution in [2.45, 2.75) is 117 Å². The van der Waals surface area contributed by atoms with Crippen LogP contribution in [0.4, 0.5) is 0 Å². The number of hydrogen-bond donors (Lipinski definition) is 0. The van der Waals surface area contributed by atoms with E-state index >= 15 is 0 Å². The van der Waals surface area contributed by atoms with E-state index in [0.29, 0.717) is 5.92 Å². The van der Waals surface area contributed by atoms with Crippen molar-refractivity contribution in [3.05, 3.63) is 34.3 Å². The Bertz CT molecular complexity index is 693. The summed E-state index contributed by atoms with van der Waals surface area (Å²) in [5.41, 5.74) is 2.37. The Morgan fingerprint density at radius 3 is 2.10 bits per heavy atom. The summed E-state index contributed by atoms with van der Waals surface area (Å²) >= 11 is 6.51. The van der Waals surface area contributed by atoms with Crippen LogP contribution < -0.4 is 0 Å². The van der Waals surface area contributed by atoms with Crippen LogP contribution in [0.3, 0.4) is 0 Å². The highest BCUT2D eigenvalue weighted by Gasteiger charge is 2.30. The Hall–Kier alpha value is -0.930. The van der Waals surface area contributed by atoms with Crippen LogP contribution in [0.1, 0.15) is 121 Å². The number of halogens is 1. The topological polar surface area (TPSA) is 0 Å². The SMILES string of the molecule is CCCCCc1ccc(C#CC2CCC(C3CCC(CCCCC)CC3)CC2)cc1Cl. The maximum absolute atomic E-state index is 6.51. The standard InChI is InChI=1S/C30H45Cl/c1-3-5-7-9-24-13-18-27(19-14-24)28-20-15-25(16-21-28)11-12-26-17-22-29(30(31)23-26)10-8-6-4-2/h17,22-25,27-28H,3-10,13-16,18-21H2,1-2H3. The lowest BCUT2D eigenvalue weighted by Crippen LogP contribution is -2.25. The first-order valence-corrected chi connectivity index (χ1v) is 13.9. The first-order valence-electron chi connectivity index (χ1n) is 13.5. The molecular formula is C30H45Cl. The first kappa shape index (κ1) is 24.7. The second-order valence-electron chi connectivity index (χ2n) is 10.4. The number of hydrogen-bond acceptors (Lipinski definition) is 0. The van der Waals surface area contributed by atoms with Crippen LogP contribution >= 0.6 is 11.6 Å². The molecule has 0 saturated heterocycles. The Kier molecular flexibility index (Phi) is 10.8. The van der Waals surface area contributed by atoms with E-state index in [9.17, 15) is 0 Å². The smallest absolute Gasteiger partial charge is 0.0450 e. The zero-order chi connectivity index (χ0) is 21.9. The highest BCUT2D eigenvalue weighted by molar-refractivity contribution is 6.31. The highest BCUT2D eigenvalue weighted by Crippen LogP contribution is 2.42. The van der Waals surface area contributed by atoms with Crippen molar-refractivity contribution in [2.24, 2.45) is 23.7 Å². The molecule has 2 aliphatic rings. The van der Waals surface area contributed by atoms with Crippen molar-refractivity contribution in [2.75, 3.05) is 0 Å². The fourth-order valence-electron chi connectivity index (χ4n) is 5.94. The minimum absolute atomic E-state index is 0.588. The third kappa shape index (κ3) is 8.17. The van der Waals surface area contributed by atoms with E-state index in [0.717, 1.165) is 34.8 Å². The van der Waals surface area contributed by atoms with E-state index in [1.54, 1.807) is 0 Å². The lowest BCUT2D eigenvalue weighted by atomic mass is 9.69. The fraction of sp³-hybridized carbons (Fsp3) is 0.733. The average molecular weight is 441 g/mol. The quantitative estimate of drug-likeness (QED) is 0.264. The summed E-state index contributed by atoms with van der Waals surface area (Å²) in [6.07, 6.45) is 22.0. The molecule has 0 amide bonds. The van der Waals surface area contributed by atoms with E-state index in [-0.39, 0.29) is 0 Å². The van der Waals surface area contributed by atoms with Crippen LogP contribution in [0.5, 0.6) is 0 Å². The number of benzene rings is 1. The van der Waals surface area contributed by atoms with Crippen LogP contribution in [-0.2, 0) is 6.42 Å². The van der Waals surface area contributed by atoms with Gasteiger partial charge in [-0.25, -0.2) is 0 Å². The van der Waals surface area contributed by atoms with Gasteiger partial charge in [-0.3, -0.25) is 0 Å². The molecule has 0 radical (unpaired) electrons.